The van der Waals surface area contributed by atoms with E-state index < -0.39 is 5.97 Å². The zero-order valence-corrected chi connectivity index (χ0v) is 16.8. The van der Waals surface area contributed by atoms with E-state index in [1.807, 2.05) is 37.4 Å². The lowest BCUT2D eigenvalue weighted by molar-refractivity contribution is -0.140. The predicted molar refractivity (Wildman–Crippen MR) is 106 cm³/mol. The summed E-state index contributed by atoms with van der Waals surface area (Å²) in [6.07, 6.45) is 4.20. The third-order valence-electron chi connectivity index (χ3n) is 4.97. The highest BCUT2D eigenvalue weighted by Crippen LogP contribution is 2.42. The van der Waals surface area contributed by atoms with Gasteiger partial charge in [-0.15, -0.1) is 11.8 Å². The third kappa shape index (κ3) is 4.12. The van der Waals surface area contributed by atoms with Crippen LogP contribution in [0, 0.1) is 0 Å². The zero-order valence-electron chi connectivity index (χ0n) is 16.0. The van der Waals surface area contributed by atoms with E-state index in [1.54, 1.807) is 18.9 Å². The van der Waals surface area contributed by atoms with Crippen LogP contribution in [0.4, 0.5) is 0 Å². The van der Waals surface area contributed by atoms with Gasteiger partial charge in [0.05, 0.1) is 12.2 Å². The maximum atomic E-state index is 12.9. The Morgan fingerprint density at radius 2 is 1.96 bits per heavy atom. The molecule has 6 heteroatoms. The van der Waals surface area contributed by atoms with E-state index in [9.17, 15) is 9.59 Å². The summed E-state index contributed by atoms with van der Waals surface area (Å²) >= 11 is 1.66. The molecule has 0 radical (unpaired) electrons. The van der Waals surface area contributed by atoms with Crippen molar-refractivity contribution in [2.45, 2.75) is 37.0 Å². The van der Waals surface area contributed by atoms with E-state index in [0.717, 1.165) is 34.7 Å². The Morgan fingerprint density at radius 3 is 2.63 bits per heavy atom. The van der Waals surface area contributed by atoms with Gasteiger partial charge < -0.3 is 14.8 Å². The molecule has 1 heterocycles. The van der Waals surface area contributed by atoms with Gasteiger partial charge in [-0.2, -0.15) is 0 Å². The van der Waals surface area contributed by atoms with E-state index in [1.165, 1.54) is 0 Å². The van der Waals surface area contributed by atoms with Gasteiger partial charge in [-0.05, 0) is 43.7 Å². The number of carbonyl (C=O) groups excluding carboxylic acids is 2. The number of esters is 1. The van der Waals surface area contributed by atoms with Crippen LogP contribution in [0.2, 0.25) is 0 Å². The molecule has 2 aliphatic rings. The summed E-state index contributed by atoms with van der Waals surface area (Å²) in [5, 5.41) is 3.29. The first-order valence-corrected chi connectivity index (χ1v) is 10.3. The van der Waals surface area contributed by atoms with Crippen molar-refractivity contribution in [2.75, 3.05) is 26.6 Å². The van der Waals surface area contributed by atoms with Gasteiger partial charge in [-0.25, -0.2) is 4.79 Å². The summed E-state index contributed by atoms with van der Waals surface area (Å²) in [5.74, 6) is -0.682. The molecule has 1 aliphatic carbocycles. The molecule has 144 valence electrons. The molecule has 0 spiro atoms. The van der Waals surface area contributed by atoms with Gasteiger partial charge >= 0.3 is 5.97 Å². The van der Waals surface area contributed by atoms with Crippen molar-refractivity contribution in [3.05, 3.63) is 52.4 Å². The van der Waals surface area contributed by atoms with E-state index in [4.69, 9.17) is 9.47 Å². The van der Waals surface area contributed by atoms with Crippen molar-refractivity contribution in [3.63, 3.8) is 0 Å². The van der Waals surface area contributed by atoms with Gasteiger partial charge in [-0.3, -0.25) is 4.79 Å². The molecule has 1 aromatic carbocycles. The number of carbonyl (C=O) groups is 2. The number of hydrogen-bond acceptors (Lipinski definition) is 6. The predicted octanol–water partition coefficient (Wildman–Crippen LogP) is 3.57. The smallest absolute Gasteiger partial charge is 0.336 e. The molecule has 0 amide bonds. The second kappa shape index (κ2) is 8.76. The fourth-order valence-electron chi connectivity index (χ4n) is 3.68. The number of dihydropyridines is 1. The number of rotatable bonds is 6. The van der Waals surface area contributed by atoms with Crippen LogP contribution >= 0.6 is 11.8 Å². The first-order valence-electron chi connectivity index (χ1n) is 9.10. The van der Waals surface area contributed by atoms with Gasteiger partial charge in [-0.1, -0.05) is 12.1 Å². The highest BCUT2D eigenvalue weighted by atomic mass is 32.2. The van der Waals surface area contributed by atoms with Gasteiger partial charge in [0.15, 0.2) is 5.78 Å². The molecular weight excluding hydrogens is 362 g/mol. The lowest BCUT2D eigenvalue weighted by Gasteiger charge is -2.34. The van der Waals surface area contributed by atoms with Crippen LogP contribution in [0.1, 0.15) is 37.7 Å². The van der Waals surface area contributed by atoms with Crippen LogP contribution in [-0.4, -0.2) is 38.3 Å². The van der Waals surface area contributed by atoms with Crippen molar-refractivity contribution in [2.24, 2.45) is 0 Å². The van der Waals surface area contributed by atoms with Gasteiger partial charge in [0.25, 0.3) is 0 Å². The number of nitrogens with one attached hydrogen (secondary N) is 1. The highest BCUT2D eigenvalue weighted by Gasteiger charge is 2.39. The molecule has 5 nitrogen and oxygen atoms in total. The summed E-state index contributed by atoms with van der Waals surface area (Å²) in [6.45, 7) is 2.40. The third-order valence-corrected chi connectivity index (χ3v) is 5.71. The summed E-state index contributed by atoms with van der Waals surface area (Å²) in [5.41, 5.74) is 3.86. The molecule has 0 saturated heterocycles. The Morgan fingerprint density at radius 1 is 1.22 bits per heavy atom. The van der Waals surface area contributed by atoms with E-state index in [0.29, 0.717) is 24.2 Å². The summed E-state index contributed by atoms with van der Waals surface area (Å²) < 4.78 is 10.4. The Bertz CT molecular complexity index is 795. The molecule has 0 bridgehead atoms. The molecule has 1 aliphatic heterocycles. The lowest BCUT2D eigenvalue weighted by atomic mass is 9.75. The summed E-state index contributed by atoms with van der Waals surface area (Å²) in [6, 6.07) is 8.06. The normalized spacial score (nSPS) is 19.7. The second-order valence-corrected chi connectivity index (χ2v) is 7.55. The quantitative estimate of drug-likeness (QED) is 0.457. The molecular formula is C21H25NO4S. The van der Waals surface area contributed by atoms with E-state index >= 15 is 0 Å². The first kappa shape index (κ1) is 19.7. The largest absolute Gasteiger partial charge is 0.460 e. The molecule has 1 aromatic rings. The minimum atomic E-state index is -0.402. The number of benzene rings is 1. The maximum absolute atomic E-state index is 12.9. The number of thioether (sulfide) groups is 1. The maximum Gasteiger partial charge on any atom is 0.336 e. The average Bonchev–Trinajstić information content (AvgIpc) is 2.67. The lowest BCUT2D eigenvalue weighted by Crippen LogP contribution is -2.34. The fourth-order valence-corrected chi connectivity index (χ4v) is 4.09. The zero-order chi connectivity index (χ0) is 19.4. The molecule has 0 aromatic heterocycles. The second-order valence-electron chi connectivity index (χ2n) is 6.67. The molecule has 3 rings (SSSR count). The standard InChI is InChI=1S/C21H25NO4S/c1-13-18(21(24)26-12-11-25-2)19(14-7-9-15(27-3)10-8-14)20-16(22-13)5-4-6-17(20)23/h7-10,19,22H,4-6,11-12H2,1-3H3. The molecule has 27 heavy (non-hydrogen) atoms. The average molecular weight is 388 g/mol. The van der Waals surface area contributed by atoms with Gasteiger partial charge in [0.1, 0.15) is 6.61 Å². The Kier molecular flexibility index (Phi) is 6.39. The van der Waals surface area contributed by atoms with Crippen molar-refractivity contribution in [1.29, 1.82) is 0 Å². The summed E-state index contributed by atoms with van der Waals surface area (Å²) in [7, 11) is 1.56. The number of hydrogen-bond donors (Lipinski definition) is 1. The van der Waals surface area contributed by atoms with Crippen LogP contribution in [0.5, 0.6) is 0 Å². The SMILES string of the molecule is COCCOC(=O)C1=C(C)NC2=C(C(=O)CCC2)C1c1ccc(SC)cc1. The Labute approximate surface area is 164 Å². The minimum Gasteiger partial charge on any atom is -0.460 e. The number of methoxy groups -OCH3 is 1. The van der Waals surface area contributed by atoms with E-state index in [-0.39, 0.29) is 18.3 Å². The summed E-state index contributed by atoms with van der Waals surface area (Å²) in [4.78, 5) is 26.8. The number of allylic oxidation sites excluding steroid dienone is 3. The molecule has 0 fully saturated rings. The molecule has 1 N–H and O–H groups in total. The van der Waals surface area contributed by atoms with Crippen molar-refractivity contribution in [3.8, 4) is 0 Å². The van der Waals surface area contributed by atoms with Gasteiger partial charge in [0.2, 0.25) is 0 Å². The van der Waals surface area contributed by atoms with Crippen LogP contribution in [-0.2, 0) is 19.1 Å². The minimum absolute atomic E-state index is 0.109. The molecule has 0 saturated carbocycles. The fraction of sp³-hybridized carbons (Fsp3) is 0.429. The van der Waals surface area contributed by atoms with Crippen molar-refractivity contribution in [1.82, 2.24) is 5.32 Å². The van der Waals surface area contributed by atoms with Crippen LogP contribution < -0.4 is 5.32 Å². The van der Waals surface area contributed by atoms with Crippen LogP contribution in [0.25, 0.3) is 0 Å². The molecule has 1 unspecified atom stereocenters. The Balaban J connectivity index is 2.03. The van der Waals surface area contributed by atoms with Crippen LogP contribution in [0.3, 0.4) is 0 Å². The Hall–Kier alpha value is -2.05. The van der Waals surface area contributed by atoms with Crippen molar-refractivity contribution >= 4 is 23.5 Å². The highest BCUT2D eigenvalue weighted by molar-refractivity contribution is 7.98. The monoisotopic (exact) mass is 387 g/mol. The number of Topliss-reactive ketones (excluding diaryl/α,β-unsaturated/α-hetero) is 1. The molecule has 1 atom stereocenters. The topological polar surface area (TPSA) is 64.6 Å². The number of ketones is 1. The van der Waals surface area contributed by atoms with Gasteiger partial charge in [0, 0.05) is 41.3 Å². The van der Waals surface area contributed by atoms with Crippen LogP contribution in [0.15, 0.2) is 51.7 Å². The first-order chi connectivity index (χ1) is 13.1. The number of ether oxygens (including phenoxy) is 2. The van der Waals surface area contributed by atoms with Crippen molar-refractivity contribution < 1.29 is 19.1 Å². The van der Waals surface area contributed by atoms with E-state index in [2.05, 4.69) is 5.32 Å².